The van der Waals surface area contributed by atoms with Crippen LogP contribution in [0.1, 0.15) is 0 Å². The van der Waals surface area contributed by atoms with Gasteiger partial charge < -0.3 is 11.1 Å². The van der Waals surface area contributed by atoms with Crippen molar-refractivity contribution in [2.75, 3.05) is 18.1 Å². The molecule has 0 fully saturated rings. The zero-order valence-corrected chi connectivity index (χ0v) is 15.0. The van der Waals surface area contributed by atoms with E-state index >= 15 is 0 Å². The number of benzene rings is 2. The summed E-state index contributed by atoms with van der Waals surface area (Å²) < 4.78 is 27.6. The van der Waals surface area contributed by atoms with Gasteiger partial charge >= 0.3 is 0 Å². The lowest BCUT2D eigenvalue weighted by atomic mass is 10.2. The molecule has 2 rings (SSSR count). The molecule has 0 saturated carbocycles. The Labute approximate surface area is 140 Å². The first kappa shape index (κ1) is 16.3. The first-order chi connectivity index (χ1) is 9.83. The minimum atomic E-state index is -3.55. The Bertz CT molecular complexity index is 779. The molecule has 0 spiro atoms. The molecule has 0 saturated heterocycles. The molecule has 4 N–H and O–H groups in total. The molecule has 0 bridgehead atoms. The second-order valence-electron chi connectivity index (χ2n) is 4.21. The molecule has 5 nitrogen and oxygen atoms in total. The second-order valence-corrected chi connectivity index (χ2v) is 7.83. The third kappa shape index (κ3) is 3.76. The van der Waals surface area contributed by atoms with Gasteiger partial charge in [-0.25, -0.2) is 13.1 Å². The highest BCUT2D eigenvalue weighted by Gasteiger charge is 2.15. The van der Waals surface area contributed by atoms with E-state index in [1.54, 1.807) is 12.1 Å². The molecule has 2 aromatic carbocycles. The molecule has 0 amide bonds. The topological polar surface area (TPSA) is 84.2 Å². The average molecular weight is 435 g/mol. The van der Waals surface area contributed by atoms with Gasteiger partial charge in [-0.3, -0.25) is 0 Å². The monoisotopic (exact) mass is 433 g/mol. The summed E-state index contributed by atoms with van der Waals surface area (Å²) in [6.45, 7) is 0. The van der Waals surface area contributed by atoms with Gasteiger partial charge in [0.25, 0.3) is 0 Å². The van der Waals surface area contributed by atoms with E-state index in [0.717, 1.165) is 14.6 Å². The highest BCUT2D eigenvalue weighted by Crippen LogP contribution is 2.30. The van der Waals surface area contributed by atoms with Crippen LogP contribution < -0.4 is 15.8 Å². The van der Waals surface area contributed by atoms with Crippen LogP contribution in [0.4, 0.5) is 17.1 Å². The van der Waals surface area contributed by atoms with Crippen LogP contribution in [0.5, 0.6) is 0 Å². The molecule has 0 atom stereocenters. The zero-order chi connectivity index (χ0) is 15.6. The Morgan fingerprint density at radius 1 is 1.10 bits per heavy atom. The Balaban J connectivity index is 2.35. The molecule has 0 aromatic heterocycles. The molecule has 0 aliphatic carbocycles. The predicted octanol–water partition coefficient (Wildman–Crippen LogP) is 3.45. The van der Waals surface area contributed by atoms with Gasteiger partial charge in [-0.15, -0.1) is 0 Å². The number of anilines is 3. The van der Waals surface area contributed by atoms with E-state index in [-0.39, 0.29) is 10.6 Å². The molecule has 0 aliphatic rings. The average Bonchev–Trinajstić information content (AvgIpc) is 2.43. The molecular formula is C13H13Br2N3O2S. The van der Waals surface area contributed by atoms with Crippen molar-refractivity contribution in [1.82, 2.24) is 4.72 Å². The quantitative estimate of drug-likeness (QED) is 0.643. The van der Waals surface area contributed by atoms with Gasteiger partial charge in [0.2, 0.25) is 10.0 Å². The minimum Gasteiger partial charge on any atom is -0.398 e. The molecule has 0 heterocycles. The summed E-state index contributed by atoms with van der Waals surface area (Å²) in [5.41, 5.74) is 7.54. The van der Waals surface area contributed by atoms with Gasteiger partial charge in [0, 0.05) is 14.6 Å². The van der Waals surface area contributed by atoms with Crippen molar-refractivity contribution in [2.24, 2.45) is 0 Å². The molecular weight excluding hydrogens is 422 g/mol. The van der Waals surface area contributed by atoms with Gasteiger partial charge in [-0.1, -0.05) is 15.9 Å². The maximum atomic E-state index is 11.8. The molecule has 0 unspecified atom stereocenters. The zero-order valence-electron chi connectivity index (χ0n) is 11.0. The number of sulfonamides is 1. The highest BCUT2D eigenvalue weighted by molar-refractivity contribution is 9.11. The van der Waals surface area contributed by atoms with Crippen LogP contribution in [-0.4, -0.2) is 15.5 Å². The number of nitrogens with two attached hydrogens (primary N) is 1. The van der Waals surface area contributed by atoms with Crippen molar-refractivity contribution in [3.05, 3.63) is 45.3 Å². The maximum Gasteiger partial charge on any atom is 0.242 e. The predicted molar refractivity (Wildman–Crippen MR) is 92.2 cm³/mol. The van der Waals surface area contributed by atoms with E-state index < -0.39 is 10.0 Å². The normalized spacial score (nSPS) is 11.4. The molecule has 2 aromatic rings. The van der Waals surface area contributed by atoms with Crippen LogP contribution >= 0.6 is 31.9 Å². The molecule has 112 valence electrons. The largest absolute Gasteiger partial charge is 0.398 e. The van der Waals surface area contributed by atoms with Crippen molar-refractivity contribution >= 4 is 58.9 Å². The van der Waals surface area contributed by atoms with Gasteiger partial charge in [-0.2, -0.15) is 0 Å². The summed E-state index contributed by atoms with van der Waals surface area (Å²) in [6, 6.07) is 10.4. The Morgan fingerprint density at radius 3 is 2.43 bits per heavy atom. The number of nitrogen functional groups attached to an aromatic ring is 1. The van der Waals surface area contributed by atoms with Crippen molar-refractivity contribution in [2.45, 2.75) is 4.90 Å². The summed E-state index contributed by atoms with van der Waals surface area (Å²) in [5.74, 6) is 0. The van der Waals surface area contributed by atoms with Crippen LogP contribution in [0, 0.1) is 0 Å². The van der Waals surface area contributed by atoms with Crippen LogP contribution in [0.25, 0.3) is 0 Å². The first-order valence-corrected chi connectivity index (χ1v) is 8.95. The van der Waals surface area contributed by atoms with Crippen molar-refractivity contribution < 1.29 is 8.42 Å². The van der Waals surface area contributed by atoms with Crippen LogP contribution in [0.15, 0.2) is 50.2 Å². The summed E-state index contributed by atoms with van der Waals surface area (Å²) in [4.78, 5) is 0.0591. The fourth-order valence-corrected chi connectivity index (χ4v) is 3.27. The summed E-state index contributed by atoms with van der Waals surface area (Å²) in [6.07, 6.45) is 0. The van der Waals surface area contributed by atoms with Gasteiger partial charge in [0.15, 0.2) is 0 Å². The first-order valence-electron chi connectivity index (χ1n) is 5.88. The molecule has 0 radical (unpaired) electrons. The standard InChI is InChI=1S/C13H13Br2N3O2S/c1-17-21(19,20)13-5-3-9(7-11(13)16)18-12-6-8(14)2-4-10(12)15/h2-7,17-18H,16H2,1H3. The van der Waals surface area contributed by atoms with E-state index in [0.29, 0.717) is 5.69 Å². The number of halogens is 2. The number of rotatable bonds is 4. The molecule has 0 aliphatic heterocycles. The lowest BCUT2D eigenvalue weighted by molar-refractivity contribution is 0.588. The molecule has 21 heavy (non-hydrogen) atoms. The van der Waals surface area contributed by atoms with Crippen molar-refractivity contribution in [3.8, 4) is 0 Å². The van der Waals surface area contributed by atoms with Crippen molar-refractivity contribution in [1.29, 1.82) is 0 Å². The van der Waals surface area contributed by atoms with Gasteiger partial charge in [0.1, 0.15) is 4.90 Å². The fraction of sp³-hybridized carbons (Fsp3) is 0.0769. The minimum absolute atomic E-state index is 0.0591. The Morgan fingerprint density at radius 2 is 1.81 bits per heavy atom. The third-order valence-corrected chi connectivity index (χ3v) is 5.45. The van der Waals surface area contributed by atoms with E-state index in [2.05, 4.69) is 41.9 Å². The smallest absolute Gasteiger partial charge is 0.242 e. The third-order valence-electron chi connectivity index (χ3n) is 2.78. The maximum absolute atomic E-state index is 11.8. The lowest BCUT2D eigenvalue weighted by Gasteiger charge is -2.12. The van der Waals surface area contributed by atoms with Crippen LogP contribution in [0.3, 0.4) is 0 Å². The van der Waals surface area contributed by atoms with Crippen molar-refractivity contribution in [3.63, 3.8) is 0 Å². The highest BCUT2D eigenvalue weighted by atomic mass is 79.9. The number of nitrogens with one attached hydrogen (secondary N) is 2. The summed E-state index contributed by atoms with van der Waals surface area (Å²) >= 11 is 6.84. The SMILES string of the molecule is CNS(=O)(=O)c1ccc(Nc2cc(Br)ccc2Br)cc1N. The Kier molecular flexibility index (Phi) is 4.92. The van der Waals surface area contributed by atoms with E-state index in [1.165, 1.54) is 13.1 Å². The van der Waals surface area contributed by atoms with E-state index in [4.69, 9.17) is 5.73 Å². The van der Waals surface area contributed by atoms with E-state index in [9.17, 15) is 8.42 Å². The fourth-order valence-electron chi connectivity index (χ4n) is 1.73. The molecule has 8 heteroatoms. The second kappa shape index (κ2) is 6.35. The lowest BCUT2D eigenvalue weighted by Crippen LogP contribution is -2.19. The van der Waals surface area contributed by atoms with Crippen LogP contribution in [0.2, 0.25) is 0 Å². The number of hydrogen-bond donors (Lipinski definition) is 3. The van der Waals surface area contributed by atoms with Crippen LogP contribution in [-0.2, 0) is 10.0 Å². The Hall–Kier alpha value is -1.09. The van der Waals surface area contributed by atoms with Gasteiger partial charge in [-0.05, 0) is 59.4 Å². The number of hydrogen-bond acceptors (Lipinski definition) is 4. The summed E-state index contributed by atoms with van der Waals surface area (Å²) in [5, 5.41) is 3.18. The summed E-state index contributed by atoms with van der Waals surface area (Å²) in [7, 11) is -2.21. The van der Waals surface area contributed by atoms with E-state index in [1.807, 2.05) is 18.2 Å². The van der Waals surface area contributed by atoms with Gasteiger partial charge in [0.05, 0.1) is 11.4 Å².